The number of hydrogen-bond donors (Lipinski definition) is 1. The molecule has 2 aliphatic rings. The summed E-state index contributed by atoms with van der Waals surface area (Å²) < 4.78 is 11.0. The van der Waals surface area contributed by atoms with Crippen LogP contribution in [0.5, 0.6) is 0 Å². The zero-order valence-corrected chi connectivity index (χ0v) is 13.0. The van der Waals surface area contributed by atoms with Gasteiger partial charge in [0.25, 0.3) is 0 Å². The van der Waals surface area contributed by atoms with Crippen molar-refractivity contribution in [2.45, 2.75) is 51.2 Å². The summed E-state index contributed by atoms with van der Waals surface area (Å²) in [7, 11) is 0. The lowest BCUT2D eigenvalue weighted by atomic mass is 10.1. The minimum absolute atomic E-state index is 0.0868. The summed E-state index contributed by atoms with van der Waals surface area (Å²) >= 11 is 0. The SMILES string of the molecule is O=C(COC[C@@H]1CCCCO1)NCc1cnc2c(c1)CCC2. The molecule has 3 rings (SSSR count). The monoisotopic (exact) mass is 304 g/mol. The van der Waals surface area contributed by atoms with E-state index in [1.807, 2.05) is 6.20 Å². The highest BCUT2D eigenvalue weighted by Gasteiger charge is 2.15. The molecule has 0 aromatic carbocycles. The molecule has 5 nitrogen and oxygen atoms in total. The lowest BCUT2D eigenvalue weighted by Crippen LogP contribution is -2.30. The van der Waals surface area contributed by atoms with Gasteiger partial charge in [-0.1, -0.05) is 6.07 Å². The topological polar surface area (TPSA) is 60.5 Å². The summed E-state index contributed by atoms with van der Waals surface area (Å²) in [5.74, 6) is -0.0868. The molecule has 0 unspecified atom stereocenters. The predicted octanol–water partition coefficient (Wildman–Crippen LogP) is 1.77. The van der Waals surface area contributed by atoms with E-state index in [0.717, 1.165) is 37.9 Å². The first kappa shape index (κ1) is 15.4. The minimum Gasteiger partial charge on any atom is -0.376 e. The highest BCUT2D eigenvalue weighted by atomic mass is 16.5. The van der Waals surface area contributed by atoms with Crippen LogP contribution in [-0.4, -0.2) is 36.8 Å². The normalized spacial score (nSPS) is 20.6. The number of nitrogens with zero attached hydrogens (tertiary/aromatic N) is 1. The molecule has 1 aromatic rings. The van der Waals surface area contributed by atoms with Crippen LogP contribution in [0.15, 0.2) is 12.3 Å². The number of rotatable bonds is 6. The second-order valence-electron chi connectivity index (χ2n) is 6.08. The van der Waals surface area contributed by atoms with Crippen molar-refractivity contribution in [2.24, 2.45) is 0 Å². The Labute approximate surface area is 131 Å². The Kier molecular flexibility index (Phi) is 5.40. The second kappa shape index (κ2) is 7.70. The number of hydrogen-bond acceptors (Lipinski definition) is 4. The molecule has 1 aliphatic carbocycles. The first-order valence-electron chi connectivity index (χ1n) is 8.24. The maximum Gasteiger partial charge on any atom is 0.246 e. The number of fused-ring (bicyclic) bond motifs is 1. The zero-order valence-electron chi connectivity index (χ0n) is 13.0. The Hall–Kier alpha value is -1.46. The van der Waals surface area contributed by atoms with Crippen molar-refractivity contribution in [2.75, 3.05) is 19.8 Å². The molecule has 0 spiro atoms. The van der Waals surface area contributed by atoms with E-state index in [2.05, 4.69) is 16.4 Å². The van der Waals surface area contributed by atoms with Crippen molar-refractivity contribution >= 4 is 5.91 Å². The van der Waals surface area contributed by atoms with Crippen LogP contribution >= 0.6 is 0 Å². The van der Waals surface area contributed by atoms with Crippen molar-refractivity contribution < 1.29 is 14.3 Å². The van der Waals surface area contributed by atoms with Crippen molar-refractivity contribution in [1.82, 2.24) is 10.3 Å². The third kappa shape index (κ3) is 4.27. The highest BCUT2D eigenvalue weighted by Crippen LogP contribution is 2.20. The summed E-state index contributed by atoms with van der Waals surface area (Å²) in [5.41, 5.74) is 3.60. The average molecular weight is 304 g/mol. The molecular formula is C17H24N2O3. The van der Waals surface area contributed by atoms with Crippen LogP contribution in [0, 0.1) is 0 Å². The molecule has 0 bridgehead atoms. The Bertz CT molecular complexity index is 513. The van der Waals surface area contributed by atoms with Gasteiger partial charge in [0.15, 0.2) is 0 Å². The molecule has 0 saturated carbocycles. The molecule has 0 radical (unpaired) electrons. The first-order valence-corrected chi connectivity index (χ1v) is 8.24. The quantitative estimate of drug-likeness (QED) is 0.870. The lowest BCUT2D eigenvalue weighted by Gasteiger charge is -2.22. The molecule has 1 fully saturated rings. The van der Waals surface area contributed by atoms with Crippen LogP contribution in [0.25, 0.3) is 0 Å². The summed E-state index contributed by atoms with van der Waals surface area (Å²) in [6, 6.07) is 2.16. The van der Waals surface area contributed by atoms with E-state index in [1.54, 1.807) is 0 Å². The molecule has 2 heterocycles. The summed E-state index contributed by atoms with van der Waals surface area (Å²) in [4.78, 5) is 16.3. The number of carbonyl (C=O) groups is 1. The number of amides is 1. The number of pyridine rings is 1. The zero-order chi connectivity index (χ0) is 15.2. The van der Waals surface area contributed by atoms with Crippen LogP contribution in [0.2, 0.25) is 0 Å². The fraction of sp³-hybridized carbons (Fsp3) is 0.647. The largest absolute Gasteiger partial charge is 0.376 e. The van der Waals surface area contributed by atoms with E-state index in [-0.39, 0.29) is 18.6 Å². The third-order valence-electron chi connectivity index (χ3n) is 4.28. The molecule has 1 saturated heterocycles. The maximum atomic E-state index is 11.8. The van der Waals surface area contributed by atoms with Crippen molar-refractivity contribution in [1.29, 1.82) is 0 Å². The van der Waals surface area contributed by atoms with Gasteiger partial charge >= 0.3 is 0 Å². The van der Waals surface area contributed by atoms with Gasteiger partial charge in [-0.2, -0.15) is 0 Å². The number of carbonyl (C=O) groups excluding carboxylic acids is 1. The molecule has 1 aliphatic heterocycles. The summed E-state index contributed by atoms with van der Waals surface area (Å²) in [5, 5.41) is 2.88. The van der Waals surface area contributed by atoms with Gasteiger partial charge in [0, 0.05) is 25.0 Å². The minimum atomic E-state index is -0.0868. The Balaban J connectivity index is 1.35. The van der Waals surface area contributed by atoms with Crippen LogP contribution in [0.1, 0.15) is 42.5 Å². The third-order valence-corrected chi connectivity index (χ3v) is 4.28. The van der Waals surface area contributed by atoms with Crippen molar-refractivity contribution in [3.05, 3.63) is 29.1 Å². The lowest BCUT2D eigenvalue weighted by molar-refractivity contribution is -0.128. The summed E-state index contributed by atoms with van der Waals surface area (Å²) in [6.45, 7) is 1.93. The number of ether oxygens (including phenoxy) is 2. The van der Waals surface area contributed by atoms with E-state index in [9.17, 15) is 4.79 Å². The molecule has 5 heteroatoms. The first-order chi connectivity index (χ1) is 10.8. The van der Waals surface area contributed by atoms with Gasteiger partial charge in [-0.05, 0) is 49.7 Å². The van der Waals surface area contributed by atoms with E-state index < -0.39 is 0 Å². The van der Waals surface area contributed by atoms with Gasteiger partial charge < -0.3 is 14.8 Å². The van der Waals surface area contributed by atoms with Crippen LogP contribution in [0.4, 0.5) is 0 Å². The number of aromatic nitrogens is 1. The van der Waals surface area contributed by atoms with E-state index in [4.69, 9.17) is 9.47 Å². The molecule has 1 N–H and O–H groups in total. The maximum absolute atomic E-state index is 11.8. The van der Waals surface area contributed by atoms with Gasteiger partial charge in [-0.25, -0.2) is 0 Å². The van der Waals surface area contributed by atoms with Gasteiger partial charge in [0.1, 0.15) is 6.61 Å². The molecular weight excluding hydrogens is 280 g/mol. The van der Waals surface area contributed by atoms with Gasteiger partial charge in [0.2, 0.25) is 5.91 Å². The van der Waals surface area contributed by atoms with E-state index in [0.29, 0.717) is 13.2 Å². The average Bonchev–Trinajstić information content (AvgIpc) is 3.01. The second-order valence-corrected chi connectivity index (χ2v) is 6.08. The molecule has 22 heavy (non-hydrogen) atoms. The smallest absolute Gasteiger partial charge is 0.246 e. The van der Waals surface area contributed by atoms with E-state index in [1.165, 1.54) is 24.1 Å². The van der Waals surface area contributed by atoms with Gasteiger partial charge in [-0.3, -0.25) is 9.78 Å². The van der Waals surface area contributed by atoms with Crippen LogP contribution < -0.4 is 5.32 Å². The van der Waals surface area contributed by atoms with Crippen molar-refractivity contribution in [3.8, 4) is 0 Å². The standard InChI is InChI=1S/C17H24N2O3/c20-17(12-21-11-15-5-1-2-7-22-15)19-10-13-8-14-4-3-6-16(14)18-9-13/h8-9,15H,1-7,10-12H2,(H,19,20)/t15-/m0/s1. The van der Waals surface area contributed by atoms with Crippen molar-refractivity contribution in [3.63, 3.8) is 0 Å². The van der Waals surface area contributed by atoms with Crippen LogP contribution in [0.3, 0.4) is 0 Å². The fourth-order valence-electron chi connectivity index (χ4n) is 3.05. The van der Waals surface area contributed by atoms with E-state index >= 15 is 0 Å². The van der Waals surface area contributed by atoms with Crippen LogP contribution in [-0.2, 0) is 33.7 Å². The Morgan fingerprint density at radius 3 is 3.18 bits per heavy atom. The Morgan fingerprint density at radius 1 is 1.36 bits per heavy atom. The predicted molar refractivity (Wildman–Crippen MR) is 82.5 cm³/mol. The summed E-state index contributed by atoms with van der Waals surface area (Å²) in [6.07, 6.45) is 8.74. The molecule has 120 valence electrons. The highest BCUT2D eigenvalue weighted by molar-refractivity contribution is 5.77. The van der Waals surface area contributed by atoms with Gasteiger partial charge in [0.05, 0.1) is 12.7 Å². The fourth-order valence-corrected chi connectivity index (χ4v) is 3.05. The molecule has 1 aromatic heterocycles. The number of nitrogens with one attached hydrogen (secondary N) is 1. The number of aryl methyl sites for hydroxylation is 2. The Morgan fingerprint density at radius 2 is 2.32 bits per heavy atom. The molecule has 1 atom stereocenters. The molecule has 1 amide bonds. The van der Waals surface area contributed by atoms with Gasteiger partial charge in [-0.15, -0.1) is 0 Å².